The molecule has 9 heteroatoms. The minimum Gasteiger partial charge on any atom is -0.495 e. The van der Waals surface area contributed by atoms with E-state index in [9.17, 15) is 9.59 Å². The molecule has 0 atom stereocenters. The molecule has 118 valence electrons. The molecule has 1 aromatic carbocycles. The molecule has 0 radical (unpaired) electrons. The number of nitrogens with zero attached hydrogens (tertiary/aromatic N) is 3. The summed E-state index contributed by atoms with van der Waals surface area (Å²) in [6.07, 6.45) is 1.35. The van der Waals surface area contributed by atoms with Crippen molar-refractivity contribution in [3.8, 4) is 5.75 Å². The number of ether oxygens (including phenoxy) is 1. The van der Waals surface area contributed by atoms with Gasteiger partial charge in [-0.2, -0.15) is 4.52 Å². The summed E-state index contributed by atoms with van der Waals surface area (Å²) in [6.45, 7) is 1.62. The zero-order chi connectivity index (χ0) is 16.4. The molecule has 2 amide bonds. The molecule has 2 aromatic heterocycles. The zero-order valence-corrected chi connectivity index (χ0v) is 12.5. The van der Waals surface area contributed by atoms with Gasteiger partial charge in [-0.1, -0.05) is 12.1 Å². The molecule has 0 aliphatic carbocycles. The Bertz CT molecular complexity index is 930. The first-order valence-electron chi connectivity index (χ1n) is 6.74. The summed E-state index contributed by atoms with van der Waals surface area (Å²) in [5.41, 5.74) is 0.484. The van der Waals surface area contributed by atoms with Crippen LogP contribution < -0.4 is 20.9 Å². The Balaban J connectivity index is 1.87. The molecule has 0 bridgehead atoms. The largest absolute Gasteiger partial charge is 0.495 e. The third-order valence-electron chi connectivity index (χ3n) is 3.21. The fraction of sp³-hybridized carbons (Fsp3) is 0.143. The molecule has 0 spiro atoms. The van der Waals surface area contributed by atoms with Crippen LogP contribution >= 0.6 is 0 Å². The number of methoxy groups -OCH3 is 1. The van der Waals surface area contributed by atoms with Crippen LogP contribution in [0.25, 0.3) is 5.78 Å². The van der Waals surface area contributed by atoms with E-state index in [-0.39, 0.29) is 11.5 Å². The van der Waals surface area contributed by atoms with Gasteiger partial charge >= 0.3 is 6.03 Å². The molecule has 0 saturated heterocycles. The molecular weight excluding hydrogens is 300 g/mol. The van der Waals surface area contributed by atoms with E-state index in [4.69, 9.17) is 4.74 Å². The van der Waals surface area contributed by atoms with Crippen LogP contribution in [0.4, 0.5) is 16.2 Å². The van der Waals surface area contributed by atoms with E-state index in [1.165, 1.54) is 13.4 Å². The van der Waals surface area contributed by atoms with Gasteiger partial charge in [-0.05, 0) is 19.1 Å². The number of aromatic nitrogens is 4. The molecule has 0 fully saturated rings. The van der Waals surface area contributed by atoms with Crippen LogP contribution in [-0.2, 0) is 0 Å². The third kappa shape index (κ3) is 2.71. The lowest BCUT2D eigenvalue weighted by Gasteiger charge is -2.11. The Morgan fingerprint density at radius 1 is 1.30 bits per heavy atom. The topological polar surface area (TPSA) is 113 Å². The maximum absolute atomic E-state index is 12.3. The highest BCUT2D eigenvalue weighted by atomic mass is 16.5. The number of hydrogen-bond donors (Lipinski definition) is 3. The highest BCUT2D eigenvalue weighted by Gasteiger charge is 2.14. The number of para-hydroxylation sites is 2. The van der Waals surface area contributed by atoms with Gasteiger partial charge in [0, 0.05) is 0 Å². The summed E-state index contributed by atoms with van der Waals surface area (Å²) in [5.74, 6) is 0.751. The van der Waals surface area contributed by atoms with Crippen molar-refractivity contribution in [2.45, 2.75) is 6.92 Å². The average Bonchev–Trinajstić information content (AvgIpc) is 3.00. The van der Waals surface area contributed by atoms with Gasteiger partial charge in [0.15, 0.2) is 0 Å². The summed E-state index contributed by atoms with van der Waals surface area (Å²) in [7, 11) is 1.51. The number of hydrogen-bond acceptors (Lipinski definition) is 5. The van der Waals surface area contributed by atoms with E-state index in [1.807, 2.05) is 0 Å². The predicted octanol–water partition coefficient (Wildman–Crippen LogP) is 1.38. The van der Waals surface area contributed by atoms with E-state index in [2.05, 4.69) is 25.7 Å². The lowest BCUT2D eigenvalue weighted by Crippen LogP contribution is -2.28. The Hall–Kier alpha value is -3.36. The molecule has 3 rings (SSSR count). The molecule has 3 aromatic rings. The number of amides is 2. The minimum atomic E-state index is -0.573. The number of aromatic amines is 1. The fourth-order valence-corrected chi connectivity index (χ4v) is 2.12. The number of anilines is 2. The van der Waals surface area contributed by atoms with Gasteiger partial charge in [-0.25, -0.2) is 14.8 Å². The zero-order valence-electron chi connectivity index (χ0n) is 12.5. The molecule has 0 saturated carbocycles. The van der Waals surface area contributed by atoms with Crippen LogP contribution in [0.3, 0.4) is 0 Å². The van der Waals surface area contributed by atoms with Crippen LogP contribution in [0.5, 0.6) is 5.75 Å². The molecule has 9 nitrogen and oxygen atoms in total. The van der Waals surface area contributed by atoms with Crippen molar-refractivity contribution in [2.75, 3.05) is 17.7 Å². The van der Waals surface area contributed by atoms with Crippen LogP contribution in [0, 0.1) is 6.92 Å². The monoisotopic (exact) mass is 314 g/mol. The summed E-state index contributed by atoms with van der Waals surface area (Å²) in [5, 5.41) is 7.78. The van der Waals surface area contributed by atoms with Gasteiger partial charge in [0.2, 0.25) is 0 Å². The van der Waals surface area contributed by atoms with E-state index >= 15 is 0 Å². The van der Waals surface area contributed by atoms with Gasteiger partial charge < -0.3 is 15.4 Å². The van der Waals surface area contributed by atoms with Crippen molar-refractivity contribution in [3.05, 3.63) is 46.6 Å². The second-order valence-electron chi connectivity index (χ2n) is 4.68. The smallest absolute Gasteiger partial charge is 0.323 e. The number of carbonyl (C=O) groups excluding carboxylic acids is 1. The molecule has 0 aliphatic heterocycles. The van der Waals surface area contributed by atoms with Gasteiger partial charge in [0.25, 0.3) is 11.3 Å². The maximum Gasteiger partial charge on any atom is 0.323 e. The van der Waals surface area contributed by atoms with Gasteiger partial charge in [-0.15, -0.1) is 0 Å². The lowest BCUT2D eigenvalue weighted by atomic mass is 10.3. The number of aryl methyl sites for hydroxylation is 1. The minimum absolute atomic E-state index is 0.0687. The third-order valence-corrected chi connectivity index (χ3v) is 3.21. The average molecular weight is 314 g/mol. The number of benzene rings is 1. The number of H-pyrrole nitrogens is 1. The van der Waals surface area contributed by atoms with Crippen LogP contribution in [0.1, 0.15) is 5.69 Å². The maximum atomic E-state index is 12.3. The Morgan fingerprint density at radius 2 is 2.09 bits per heavy atom. The second kappa shape index (κ2) is 5.79. The standard InChI is InChI=1S/C14H14N6O3/c1-8-11(12(21)20-13(17-8)15-7-16-20)19-14(22)18-9-5-3-4-6-10(9)23-2/h3-7H,1-2H3,(H,15,16,17)(H2,18,19,22). The Kier molecular flexibility index (Phi) is 3.67. The molecule has 2 heterocycles. The van der Waals surface area contributed by atoms with E-state index in [0.29, 0.717) is 17.1 Å². The predicted molar refractivity (Wildman–Crippen MR) is 84.0 cm³/mol. The van der Waals surface area contributed by atoms with Crippen molar-refractivity contribution in [3.63, 3.8) is 0 Å². The Morgan fingerprint density at radius 3 is 2.87 bits per heavy atom. The van der Waals surface area contributed by atoms with Crippen LogP contribution in [0.2, 0.25) is 0 Å². The first-order chi connectivity index (χ1) is 11.1. The number of nitrogens with one attached hydrogen (secondary N) is 3. The SMILES string of the molecule is COc1ccccc1NC(=O)Nc1c(C)nc2nc[nH]n2c1=O. The number of urea groups is 1. The van der Waals surface area contributed by atoms with E-state index in [0.717, 1.165) is 4.52 Å². The van der Waals surface area contributed by atoms with E-state index < -0.39 is 11.6 Å². The second-order valence-corrected chi connectivity index (χ2v) is 4.68. The number of fused-ring (bicyclic) bond motifs is 1. The summed E-state index contributed by atoms with van der Waals surface area (Å²) in [4.78, 5) is 32.5. The first-order valence-corrected chi connectivity index (χ1v) is 6.74. The molecule has 0 aliphatic rings. The fourth-order valence-electron chi connectivity index (χ4n) is 2.12. The highest BCUT2D eigenvalue weighted by molar-refractivity contribution is 6.00. The Labute approximate surface area is 130 Å². The summed E-state index contributed by atoms with van der Waals surface area (Å²) < 4.78 is 6.30. The lowest BCUT2D eigenvalue weighted by molar-refractivity contribution is 0.262. The van der Waals surface area contributed by atoms with Crippen molar-refractivity contribution < 1.29 is 9.53 Å². The van der Waals surface area contributed by atoms with Gasteiger partial charge in [-0.3, -0.25) is 9.89 Å². The summed E-state index contributed by atoms with van der Waals surface area (Å²) >= 11 is 0. The highest BCUT2D eigenvalue weighted by Crippen LogP contribution is 2.23. The first kappa shape index (κ1) is 14.6. The molecular formula is C14H14N6O3. The van der Waals surface area contributed by atoms with Gasteiger partial charge in [0.1, 0.15) is 17.8 Å². The normalized spacial score (nSPS) is 10.5. The number of rotatable bonds is 3. The van der Waals surface area contributed by atoms with Crippen molar-refractivity contribution in [1.29, 1.82) is 0 Å². The molecule has 0 unspecified atom stereocenters. The van der Waals surface area contributed by atoms with Crippen LogP contribution in [-0.4, -0.2) is 32.7 Å². The van der Waals surface area contributed by atoms with E-state index in [1.54, 1.807) is 31.2 Å². The summed E-state index contributed by atoms with van der Waals surface area (Å²) in [6, 6.07) is 6.38. The number of carbonyl (C=O) groups is 1. The molecule has 23 heavy (non-hydrogen) atoms. The van der Waals surface area contributed by atoms with Crippen LogP contribution in [0.15, 0.2) is 35.4 Å². The van der Waals surface area contributed by atoms with Crippen molar-refractivity contribution >= 4 is 23.2 Å². The van der Waals surface area contributed by atoms with Gasteiger partial charge in [0.05, 0.1) is 18.5 Å². The van der Waals surface area contributed by atoms with Crippen molar-refractivity contribution in [1.82, 2.24) is 19.6 Å². The van der Waals surface area contributed by atoms with Crippen molar-refractivity contribution in [2.24, 2.45) is 0 Å². The quantitative estimate of drug-likeness (QED) is 0.676. The molecule has 3 N–H and O–H groups in total.